The summed E-state index contributed by atoms with van der Waals surface area (Å²) in [6, 6.07) is 13.1. The molecule has 0 bridgehead atoms. The normalized spacial score (nSPS) is 11.2. The van der Waals surface area contributed by atoms with Crippen molar-refractivity contribution in [2.24, 2.45) is 0 Å². The lowest BCUT2D eigenvalue weighted by Gasteiger charge is -2.09. The quantitative estimate of drug-likeness (QED) is 0.250. The molecule has 0 unspecified atom stereocenters. The number of fused-ring (bicyclic) bond motifs is 1. The topological polar surface area (TPSA) is 123 Å². The number of anilines is 1. The van der Waals surface area contributed by atoms with Gasteiger partial charge in [0.15, 0.2) is 16.8 Å². The minimum Gasteiger partial charge on any atom is -0.465 e. The molecule has 2 heterocycles. The van der Waals surface area contributed by atoms with Crippen LogP contribution in [0.1, 0.15) is 49.4 Å². The van der Waals surface area contributed by atoms with Gasteiger partial charge in [-0.2, -0.15) is 5.21 Å². The van der Waals surface area contributed by atoms with Gasteiger partial charge >= 0.3 is 0 Å². The van der Waals surface area contributed by atoms with Gasteiger partial charge < -0.3 is 14.5 Å². The summed E-state index contributed by atoms with van der Waals surface area (Å²) in [5.41, 5.74) is 0.741. The molecule has 9 heteroatoms. The maximum atomic E-state index is 12.8. The molecule has 0 radical (unpaired) electrons. The maximum absolute atomic E-state index is 12.8. The molecule has 4 aromatic rings. The Labute approximate surface area is 195 Å². The Balaban J connectivity index is 1.45. The minimum absolute atomic E-state index is 0.144. The summed E-state index contributed by atoms with van der Waals surface area (Å²) in [6.45, 7) is 2.19. The Kier molecular flexibility index (Phi) is 7.44. The highest BCUT2D eigenvalue weighted by Gasteiger charge is 2.15. The van der Waals surface area contributed by atoms with E-state index in [-0.39, 0.29) is 28.5 Å². The molecule has 0 fully saturated rings. The standard InChI is InChI=1S/C25H25N5O4/c1-2-3-4-5-6-7-15-33-18-13-11-17(12-14-18)25(32)26-20-10-8-9-19-21(31)16-22(34-23(19)20)24-27-29-30-28-24/h7-16H,2-6H2,1H3,(H,26,32)(H,27,28,29,30). The monoisotopic (exact) mass is 459 g/mol. The molecule has 0 aliphatic heterocycles. The van der Waals surface area contributed by atoms with E-state index in [2.05, 4.69) is 32.9 Å². The van der Waals surface area contributed by atoms with E-state index in [9.17, 15) is 9.59 Å². The number of benzene rings is 2. The van der Waals surface area contributed by atoms with Crippen molar-refractivity contribution in [2.75, 3.05) is 5.32 Å². The van der Waals surface area contributed by atoms with Crippen LogP contribution < -0.4 is 15.5 Å². The number of nitrogens with zero attached hydrogens (tertiary/aromatic N) is 3. The number of allylic oxidation sites excluding steroid dienone is 1. The molecule has 2 aromatic heterocycles. The highest BCUT2D eigenvalue weighted by Crippen LogP contribution is 2.26. The third kappa shape index (κ3) is 5.55. The first kappa shape index (κ1) is 22.9. The van der Waals surface area contributed by atoms with Gasteiger partial charge in [0.2, 0.25) is 5.82 Å². The van der Waals surface area contributed by atoms with Crippen molar-refractivity contribution >= 4 is 22.6 Å². The molecule has 174 valence electrons. The van der Waals surface area contributed by atoms with E-state index in [1.807, 2.05) is 6.08 Å². The lowest BCUT2D eigenvalue weighted by atomic mass is 10.1. The average molecular weight is 460 g/mol. The van der Waals surface area contributed by atoms with Crippen molar-refractivity contribution in [3.63, 3.8) is 0 Å². The van der Waals surface area contributed by atoms with Crippen LogP contribution in [0.15, 0.2) is 70.1 Å². The Bertz CT molecular complexity index is 1330. The molecule has 0 atom stereocenters. The number of rotatable bonds is 10. The van der Waals surface area contributed by atoms with Gasteiger partial charge in [-0.25, -0.2) is 0 Å². The van der Waals surface area contributed by atoms with Crippen LogP contribution in [0.2, 0.25) is 0 Å². The predicted molar refractivity (Wildman–Crippen MR) is 129 cm³/mol. The molecule has 0 spiro atoms. The van der Waals surface area contributed by atoms with Crippen LogP contribution in [0.4, 0.5) is 5.69 Å². The van der Waals surface area contributed by atoms with Crippen LogP contribution in [0, 0.1) is 0 Å². The van der Waals surface area contributed by atoms with E-state index in [0.29, 0.717) is 22.4 Å². The lowest BCUT2D eigenvalue weighted by molar-refractivity contribution is 0.102. The lowest BCUT2D eigenvalue weighted by Crippen LogP contribution is -2.13. The summed E-state index contributed by atoms with van der Waals surface area (Å²) in [7, 11) is 0. The van der Waals surface area contributed by atoms with Crippen molar-refractivity contribution in [2.45, 2.75) is 39.0 Å². The zero-order chi connectivity index (χ0) is 23.8. The summed E-state index contributed by atoms with van der Waals surface area (Å²) >= 11 is 0. The molecule has 0 saturated heterocycles. The van der Waals surface area contributed by atoms with Crippen LogP contribution >= 0.6 is 0 Å². The number of ether oxygens (including phenoxy) is 1. The van der Waals surface area contributed by atoms with Crippen molar-refractivity contribution in [3.05, 3.63) is 76.7 Å². The van der Waals surface area contributed by atoms with Crippen LogP contribution in [0.3, 0.4) is 0 Å². The molecule has 2 N–H and O–H groups in total. The van der Waals surface area contributed by atoms with Crippen LogP contribution in [0.25, 0.3) is 22.6 Å². The largest absolute Gasteiger partial charge is 0.465 e. The Morgan fingerprint density at radius 2 is 2.00 bits per heavy atom. The number of hydrogen-bond acceptors (Lipinski definition) is 7. The van der Waals surface area contributed by atoms with Gasteiger partial charge in [-0.05, 0) is 60.5 Å². The first-order valence-corrected chi connectivity index (χ1v) is 11.2. The van der Waals surface area contributed by atoms with Crippen molar-refractivity contribution in [1.29, 1.82) is 0 Å². The van der Waals surface area contributed by atoms with Gasteiger partial charge in [0.05, 0.1) is 17.3 Å². The van der Waals surface area contributed by atoms with E-state index in [4.69, 9.17) is 9.15 Å². The zero-order valence-electron chi connectivity index (χ0n) is 18.8. The predicted octanol–water partition coefficient (Wildman–Crippen LogP) is 5.09. The smallest absolute Gasteiger partial charge is 0.255 e. The summed E-state index contributed by atoms with van der Waals surface area (Å²) in [5.74, 6) is 0.582. The second-order valence-electron chi connectivity index (χ2n) is 7.71. The van der Waals surface area contributed by atoms with Crippen molar-refractivity contribution in [1.82, 2.24) is 20.6 Å². The molecule has 0 aliphatic rings. The Morgan fingerprint density at radius 3 is 2.76 bits per heavy atom. The Morgan fingerprint density at radius 1 is 1.15 bits per heavy atom. The number of amides is 1. The van der Waals surface area contributed by atoms with Gasteiger partial charge in [-0.3, -0.25) is 9.59 Å². The number of H-pyrrole nitrogens is 1. The number of carbonyl (C=O) groups is 1. The number of aromatic nitrogens is 4. The molecular weight excluding hydrogens is 434 g/mol. The molecule has 0 saturated carbocycles. The number of aromatic amines is 1. The van der Waals surface area contributed by atoms with Gasteiger partial charge in [0, 0.05) is 11.6 Å². The van der Waals surface area contributed by atoms with E-state index in [1.54, 1.807) is 48.7 Å². The first-order chi connectivity index (χ1) is 16.7. The summed E-state index contributed by atoms with van der Waals surface area (Å²) in [4.78, 5) is 25.4. The molecular formula is C25H25N5O4. The highest BCUT2D eigenvalue weighted by atomic mass is 16.5. The fourth-order valence-corrected chi connectivity index (χ4v) is 3.42. The zero-order valence-corrected chi connectivity index (χ0v) is 18.8. The van der Waals surface area contributed by atoms with Crippen LogP contribution in [-0.4, -0.2) is 26.5 Å². The van der Waals surface area contributed by atoms with Gasteiger partial charge in [-0.1, -0.05) is 32.3 Å². The number of nitrogens with one attached hydrogen (secondary N) is 2. The number of para-hydroxylation sites is 1. The number of unbranched alkanes of at least 4 members (excludes halogenated alkanes) is 4. The number of tetrazole rings is 1. The van der Waals surface area contributed by atoms with Gasteiger partial charge in [0.1, 0.15) is 5.75 Å². The fourth-order valence-electron chi connectivity index (χ4n) is 3.42. The second kappa shape index (κ2) is 11.0. The first-order valence-electron chi connectivity index (χ1n) is 11.2. The molecule has 1 amide bonds. The fraction of sp³-hybridized carbons (Fsp3) is 0.240. The number of hydrogen-bond donors (Lipinski definition) is 2. The highest BCUT2D eigenvalue weighted by molar-refractivity contribution is 6.08. The van der Waals surface area contributed by atoms with Gasteiger partial charge in [0.25, 0.3) is 5.91 Å². The molecule has 4 rings (SSSR count). The minimum atomic E-state index is -0.349. The maximum Gasteiger partial charge on any atom is 0.255 e. The van der Waals surface area contributed by atoms with Crippen molar-refractivity contribution in [3.8, 4) is 17.3 Å². The molecule has 2 aromatic carbocycles. The molecule has 0 aliphatic carbocycles. The SMILES string of the molecule is CCCCCCC=COc1ccc(C(=O)Nc2cccc3c(=O)cc(-c4nn[nH]n4)oc23)cc1. The van der Waals surface area contributed by atoms with Gasteiger partial charge in [-0.15, -0.1) is 10.2 Å². The van der Waals surface area contributed by atoms with E-state index in [0.717, 1.165) is 12.8 Å². The van der Waals surface area contributed by atoms with E-state index in [1.165, 1.54) is 25.3 Å². The Hall–Kier alpha value is -4.27. The van der Waals surface area contributed by atoms with Crippen molar-refractivity contribution < 1.29 is 13.9 Å². The van der Waals surface area contributed by atoms with E-state index < -0.39 is 0 Å². The summed E-state index contributed by atoms with van der Waals surface area (Å²) < 4.78 is 11.4. The molecule has 9 nitrogen and oxygen atoms in total. The average Bonchev–Trinajstić information content (AvgIpc) is 3.39. The number of carbonyl (C=O) groups excluding carboxylic acids is 1. The second-order valence-corrected chi connectivity index (χ2v) is 7.71. The van der Waals surface area contributed by atoms with Crippen LogP contribution in [-0.2, 0) is 0 Å². The third-order valence-electron chi connectivity index (χ3n) is 5.21. The molecule has 34 heavy (non-hydrogen) atoms. The summed E-state index contributed by atoms with van der Waals surface area (Å²) in [5, 5.41) is 16.6. The third-order valence-corrected chi connectivity index (χ3v) is 5.21. The van der Waals surface area contributed by atoms with E-state index >= 15 is 0 Å². The van der Waals surface area contributed by atoms with Crippen LogP contribution in [0.5, 0.6) is 5.75 Å². The summed E-state index contributed by atoms with van der Waals surface area (Å²) in [6.07, 6.45) is 9.52.